The number of halogens is 3. The van der Waals surface area contributed by atoms with Gasteiger partial charge in [0.2, 0.25) is 0 Å². The van der Waals surface area contributed by atoms with Gasteiger partial charge in [0, 0.05) is 0 Å². The zero-order valence-corrected chi connectivity index (χ0v) is 14.8. The molecule has 1 aliphatic heterocycles. The molecular formula is C11H13F3N6O5S2. The lowest BCUT2D eigenvalue weighted by Crippen LogP contribution is -2.33. The molecule has 1 saturated heterocycles. The Morgan fingerprint density at radius 3 is 2.78 bits per heavy atom. The number of alkyl halides is 3. The van der Waals surface area contributed by atoms with Gasteiger partial charge in [0.25, 0.3) is 5.76 Å². The molecular weight excluding hydrogens is 417 g/mol. The third-order valence-electron chi connectivity index (χ3n) is 3.62. The van der Waals surface area contributed by atoms with Crippen molar-refractivity contribution < 1.29 is 35.6 Å². The van der Waals surface area contributed by atoms with Crippen molar-refractivity contribution in [1.29, 1.82) is 0 Å². The lowest BCUT2D eigenvalue weighted by molar-refractivity contribution is -0.0456. The molecule has 0 aliphatic carbocycles. The molecule has 0 radical (unpaired) electrons. The van der Waals surface area contributed by atoms with Gasteiger partial charge >= 0.3 is 10.3 Å². The fraction of sp³-hybridized carbons (Fsp3) is 0.545. The number of nitrogens with two attached hydrogens (primary N) is 2. The third kappa shape index (κ3) is 4.09. The lowest BCUT2D eigenvalue weighted by atomic mass is 10.1. The Kier molecular flexibility index (Phi) is 5.46. The first-order chi connectivity index (χ1) is 12.6. The molecule has 1 aliphatic rings. The second kappa shape index (κ2) is 7.36. The molecule has 0 saturated carbocycles. The van der Waals surface area contributed by atoms with E-state index in [0.29, 0.717) is 0 Å². The second-order valence-corrected chi connectivity index (χ2v) is 7.56. The Hall–Kier alpha value is -1.72. The predicted octanol–water partition coefficient (Wildman–Crippen LogP) is -0.460. The van der Waals surface area contributed by atoms with E-state index in [9.17, 15) is 26.7 Å². The van der Waals surface area contributed by atoms with E-state index in [1.165, 1.54) is 0 Å². The van der Waals surface area contributed by atoms with E-state index in [2.05, 4.69) is 24.4 Å². The van der Waals surface area contributed by atoms with E-state index in [0.717, 1.165) is 11.0 Å². The molecule has 0 spiro atoms. The number of hydrogen-bond acceptors (Lipinski definition) is 10. The van der Waals surface area contributed by atoms with Gasteiger partial charge in [0.15, 0.2) is 18.0 Å². The molecule has 0 aromatic carbocycles. The number of ether oxygens (including phenoxy) is 1. The molecule has 150 valence electrons. The smallest absolute Gasteiger partial charge is 0.333 e. The number of nitrogens with zero attached hydrogens (tertiary/aromatic N) is 4. The second-order valence-electron chi connectivity index (χ2n) is 5.36. The van der Waals surface area contributed by atoms with Crippen LogP contribution in [-0.4, -0.2) is 64.0 Å². The molecule has 11 nitrogen and oxygen atoms in total. The molecule has 3 heterocycles. The fourth-order valence-electron chi connectivity index (χ4n) is 2.51. The van der Waals surface area contributed by atoms with Crippen LogP contribution in [0.15, 0.2) is 11.4 Å². The predicted molar refractivity (Wildman–Crippen MR) is 85.5 cm³/mol. The molecule has 0 unspecified atom stereocenters. The molecule has 16 heteroatoms. The number of anilines is 1. The van der Waals surface area contributed by atoms with Crippen molar-refractivity contribution in [2.75, 3.05) is 12.3 Å². The number of hydrogen-bond donors (Lipinski definition) is 3. The van der Waals surface area contributed by atoms with Gasteiger partial charge in [0.1, 0.15) is 29.4 Å². The van der Waals surface area contributed by atoms with Crippen LogP contribution in [0.3, 0.4) is 0 Å². The SMILES string of the molecule is Nc1ncnc2c1c(SC(F)F)nn2[C@@H]1O[C@H](COS(N)(=O)=O)[C@@H](O)[C@@H]1F. The average Bonchev–Trinajstić information content (AvgIpc) is 3.04. The molecule has 27 heavy (non-hydrogen) atoms. The van der Waals surface area contributed by atoms with Crippen molar-refractivity contribution in [3.8, 4) is 0 Å². The monoisotopic (exact) mass is 430 g/mol. The number of aromatic nitrogens is 4. The Labute approximate surface area is 154 Å². The van der Waals surface area contributed by atoms with Gasteiger partial charge in [-0.05, 0) is 11.8 Å². The number of rotatable bonds is 6. The molecule has 1 fully saturated rings. The molecule has 5 N–H and O–H groups in total. The summed E-state index contributed by atoms with van der Waals surface area (Å²) in [5.74, 6) is -3.00. The maximum absolute atomic E-state index is 14.5. The van der Waals surface area contributed by atoms with Crippen molar-refractivity contribution in [2.45, 2.75) is 35.4 Å². The van der Waals surface area contributed by atoms with E-state index in [1.54, 1.807) is 0 Å². The largest absolute Gasteiger partial charge is 0.387 e. The van der Waals surface area contributed by atoms with Crippen LogP contribution in [0.5, 0.6) is 0 Å². The van der Waals surface area contributed by atoms with Gasteiger partial charge in [-0.2, -0.15) is 22.3 Å². The molecule has 2 aromatic rings. The van der Waals surface area contributed by atoms with Gasteiger partial charge in [0.05, 0.1) is 12.0 Å². The summed E-state index contributed by atoms with van der Waals surface area (Å²) in [6.45, 7) is -0.758. The summed E-state index contributed by atoms with van der Waals surface area (Å²) < 4.78 is 72.2. The standard InChI is InChI=1S/C11H13F3N6O5S2/c12-5-6(21)3(1-24-27(16,22)23)25-10(5)20-8-4(7(15)17-2-18-8)9(19-20)26-11(13)14/h2-3,5-6,10-11,21H,1H2,(H2,15,17,18)(H2,16,22,23)/t3-,5+,6-,10-/m1/s1. The Morgan fingerprint density at radius 2 is 2.15 bits per heavy atom. The normalized spacial score (nSPS) is 26.3. The topological polar surface area (TPSA) is 168 Å². The first kappa shape index (κ1) is 20.0. The van der Waals surface area contributed by atoms with Crippen LogP contribution in [0, 0.1) is 0 Å². The van der Waals surface area contributed by atoms with Gasteiger partial charge in [-0.3, -0.25) is 4.18 Å². The lowest BCUT2D eigenvalue weighted by Gasteiger charge is -2.14. The average molecular weight is 430 g/mol. The fourth-order valence-corrected chi connectivity index (χ4v) is 3.45. The Balaban J connectivity index is 1.96. The summed E-state index contributed by atoms with van der Waals surface area (Å²) >= 11 is 0.0518. The van der Waals surface area contributed by atoms with Gasteiger partial charge in [-0.1, -0.05) is 0 Å². The van der Waals surface area contributed by atoms with Crippen molar-refractivity contribution in [3.05, 3.63) is 6.33 Å². The minimum Gasteiger partial charge on any atom is -0.387 e. The van der Waals surface area contributed by atoms with Gasteiger partial charge < -0.3 is 15.6 Å². The van der Waals surface area contributed by atoms with Crippen LogP contribution in [0.4, 0.5) is 19.0 Å². The summed E-state index contributed by atoms with van der Waals surface area (Å²) in [5, 5.41) is 18.2. The number of fused-ring (bicyclic) bond motifs is 1. The maximum atomic E-state index is 14.5. The molecule has 0 bridgehead atoms. The summed E-state index contributed by atoms with van der Waals surface area (Å²) in [5.41, 5.74) is 5.58. The van der Waals surface area contributed by atoms with Crippen LogP contribution in [-0.2, 0) is 19.2 Å². The molecule has 0 amide bonds. The number of thioether (sulfide) groups is 1. The highest BCUT2D eigenvalue weighted by Gasteiger charge is 2.47. The first-order valence-corrected chi connectivity index (χ1v) is 9.52. The number of aliphatic hydroxyl groups excluding tert-OH is 1. The van der Waals surface area contributed by atoms with Crippen LogP contribution < -0.4 is 10.9 Å². The zero-order chi connectivity index (χ0) is 19.9. The summed E-state index contributed by atoms with van der Waals surface area (Å²) in [4.78, 5) is 7.55. The van der Waals surface area contributed by atoms with Crippen LogP contribution in [0.2, 0.25) is 0 Å². The van der Waals surface area contributed by atoms with E-state index < -0.39 is 47.3 Å². The van der Waals surface area contributed by atoms with E-state index >= 15 is 0 Å². The third-order valence-corrected chi connectivity index (χ3v) is 4.77. The summed E-state index contributed by atoms with van der Waals surface area (Å²) in [7, 11) is -4.34. The number of nitrogen functional groups attached to an aromatic ring is 1. The van der Waals surface area contributed by atoms with Crippen molar-refractivity contribution in [1.82, 2.24) is 19.7 Å². The highest BCUT2D eigenvalue weighted by molar-refractivity contribution is 7.99. The Morgan fingerprint density at radius 1 is 1.44 bits per heavy atom. The van der Waals surface area contributed by atoms with Gasteiger partial charge in [-0.15, -0.1) is 0 Å². The number of aliphatic hydroxyl groups is 1. The van der Waals surface area contributed by atoms with Crippen LogP contribution in [0.25, 0.3) is 11.0 Å². The maximum Gasteiger partial charge on any atom is 0.333 e. The first-order valence-electron chi connectivity index (χ1n) is 7.16. The molecule has 4 atom stereocenters. The van der Waals surface area contributed by atoms with Crippen LogP contribution in [0.1, 0.15) is 6.23 Å². The van der Waals surface area contributed by atoms with Crippen LogP contribution >= 0.6 is 11.8 Å². The minimum atomic E-state index is -4.34. The van der Waals surface area contributed by atoms with Crippen molar-refractivity contribution >= 4 is 38.9 Å². The highest BCUT2D eigenvalue weighted by atomic mass is 32.2. The van der Waals surface area contributed by atoms with E-state index in [-0.39, 0.29) is 33.6 Å². The van der Waals surface area contributed by atoms with Crippen molar-refractivity contribution in [3.63, 3.8) is 0 Å². The quantitative estimate of drug-likeness (QED) is 0.510. The minimum absolute atomic E-state index is 0.0303. The highest BCUT2D eigenvalue weighted by Crippen LogP contribution is 2.38. The Bertz CT molecular complexity index is 944. The summed E-state index contributed by atoms with van der Waals surface area (Å²) in [6.07, 6.45) is -5.87. The van der Waals surface area contributed by atoms with Crippen molar-refractivity contribution in [2.24, 2.45) is 5.14 Å². The molecule has 2 aromatic heterocycles. The van der Waals surface area contributed by atoms with Gasteiger partial charge in [-0.25, -0.2) is 24.2 Å². The van der Waals surface area contributed by atoms with E-state index in [4.69, 9.17) is 10.5 Å². The summed E-state index contributed by atoms with van der Waals surface area (Å²) in [6, 6.07) is 0. The zero-order valence-electron chi connectivity index (χ0n) is 13.1. The molecule has 3 rings (SSSR count). The van der Waals surface area contributed by atoms with E-state index in [1.807, 2.05) is 0 Å².